The molecule has 1 aromatic rings. The minimum absolute atomic E-state index is 0.189. The molecule has 1 heterocycles. The first kappa shape index (κ1) is 15.5. The largest absolute Gasteiger partial charge is 0.508 e. The highest BCUT2D eigenvalue weighted by Gasteiger charge is 2.30. The number of likely N-dealkylation sites (tertiary alicyclic amines) is 1. The van der Waals surface area contributed by atoms with Crippen LogP contribution in [-0.4, -0.2) is 41.4 Å². The predicted octanol–water partition coefficient (Wildman–Crippen LogP) is 3.03. The summed E-state index contributed by atoms with van der Waals surface area (Å²) in [5.41, 5.74) is -0.465. The zero-order chi connectivity index (χ0) is 15.5. The molecule has 0 aromatic heterocycles. The summed E-state index contributed by atoms with van der Waals surface area (Å²) in [7, 11) is 0. The summed E-state index contributed by atoms with van der Waals surface area (Å²) >= 11 is 0. The molecule has 5 heteroatoms. The van der Waals surface area contributed by atoms with Crippen LogP contribution in [0.3, 0.4) is 0 Å². The van der Waals surface area contributed by atoms with Crippen molar-refractivity contribution in [2.75, 3.05) is 19.7 Å². The maximum absolute atomic E-state index is 12.0. The first-order chi connectivity index (χ1) is 9.83. The van der Waals surface area contributed by atoms with Gasteiger partial charge in [-0.25, -0.2) is 4.79 Å². The molecule has 0 spiro atoms. The Balaban J connectivity index is 1.79. The zero-order valence-corrected chi connectivity index (χ0v) is 12.8. The summed E-state index contributed by atoms with van der Waals surface area (Å²) in [5.74, 6) is 1.12. The molecular weight excluding hydrogens is 270 g/mol. The highest BCUT2D eigenvalue weighted by atomic mass is 16.6. The molecule has 0 radical (unpaired) electrons. The molecule has 1 N–H and O–H groups in total. The van der Waals surface area contributed by atoms with Crippen LogP contribution in [0, 0.1) is 5.92 Å². The Kier molecular flexibility index (Phi) is 4.60. The average Bonchev–Trinajstić information content (AvgIpc) is 2.83. The van der Waals surface area contributed by atoms with Crippen molar-refractivity contribution in [1.82, 2.24) is 4.90 Å². The van der Waals surface area contributed by atoms with Crippen molar-refractivity contribution in [2.45, 2.75) is 32.8 Å². The van der Waals surface area contributed by atoms with Crippen molar-refractivity contribution < 1.29 is 19.4 Å². The number of hydrogen-bond acceptors (Lipinski definition) is 4. The smallest absolute Gasteiger partial charge is 0.410 e. The Morgan fingerprint density at radius 3 is 2.86 bits per heavy atom. The Morgan fingerprint density at radius 1 is 1.43 bits per heavy atom. The molecule has 0 unspecified atom stereocenters. The second-order valence-electron chi connectivity index (χ2n) is 6.39. The van der Waals surface area contributed by atoms with Gasteiger partial charge in [0.15, 0.2) is 0 Å². The highest BCUT2D eigenvalue weighted by Crippen LogP contribution is 2.22. The van der Waals surface area contributed by atoms with E-state index in [2.05, 4.69) is 0 Å². The van der Waals surface area contributed by atoms with E-state index < -0.39 is 5.60 Å². The van der Waals surface area contributed by atoms with Gasteiger partial charge >= 0.3 is 6.09 Å². The molecule has 0 aliphatic carbocycles. The fraction of sp³-hybridized carbons (Fsp3) is 0.562. The fourth-order valence-corrected chi connectivity index (χ4v) is 2.25. The van der Waals surface area contributed by atoms with Crippen LogP contribution in [0.15, 0.2) is 24.3 Å². The van der Waals surface area contributed by atoms with E-state index in [1.807, 2.05) is 20.8 Å². The Hall–Kier alpha value is -1.91. The van der Waals surface area contributed by atoms with Crippen LogP contribution >= 0.6 is 0 Å². The van der Waals surface area contributed by atoms with Crippen LogP contribution in [0.2, 0.25) is 0 Å². The van der Waals surface area contributed by atoms with Gasteiger partial charge in [0, 0.05) is 25.1 Å². The van der Waals surface area contributed by atoms with Gasteiger partial charge < -0.3 is 19.5 Å². The van der Waals surface area contributed by atoms with Gasteiger partial charge in [-0.1, -0.05) is 6.07 Å². The number of rotatable bonds is 3. The molecule has 0 bridgehead atoms. The van der Waals surface area contributed by atoms with Gasteiger partial charge in [-0.05, 0) is 39.3 Å². The van der Waals surface area contributed by atoms with E-state index in [1.165, 1.54) is 0 Å². The molecular formula is C16H23NO4. The van der Waals surface area contributed by atoms with Crippen LogP contribution in [0.4, 0.5) is 4.79 Å². The van der Waals surface area contributed by atoms with Crippen molar-refractivity contribution in [1.29, 1.82) is 0 Å². The van der Waals surface area contributed by atoms with E-state index in [4.69, 9.17) is 9.47 Å². The van der Waals surface area contributed by atoms with Crippen molar-refractivity contribution in [2.24, 2.45) is 5.92 Å². The van der Waals surface area contributed by atoms with Crippen molar-refractivity contribution in [3.05, 3.63) is 24.3 Å². The lowest BCUT2D eigenvalue weighted by molar-refractivity contribution is 0.0285. The molecule has 21 heavy (non-hydrogen) atoms. The lowest BCUT2D eigenvalue weighted by Gasteiger charge is -2.24. The number of aromatic hydroxyl groups is 1. The van der Waals surface area contributed by atoms with Gasteiger partial charge in [0.2, 0.25) is 0 Å². The molecule has 2 rings (SSSR count). The molecule has 1 fully saturated rings. The number of carbonyl (C=O) groups excluding carboxylic acids is 1. The van der Waals surface area contributed by atoms with Gasteiger partial charge in [-0.15, -0.1) is 0 Å². The number of phenols is 1. The van der Waals surface area contributed by atoms with Crippen LogP contribution in [0.25, 0.3) is 0 Å². The van der Waals surface area contributed by atoms with E-state index in [0.29, 0.717) is 31.4 Å². The number of hydrogen-bond donors (Lipinski definition) is 1. The zero-order valence-electron chi connectivity index (χ0n) is 12.8. The van der Waals surface area contributed by atoms with E-state index in [-0.39, 0.29) is 11.8 Å². The van der Waals surface area contributed by atoms with Crippen LogP contribution in [-0.2, 0) is 4.74 Å². The maximum atomic E-state index is 12.0. The molecule has 1 aromatic carbocycles. The summed E-state index contributed by atoms with van der Waals surface area (Å²) in [6.45, 7) is 7.47. The van der Waals surface area contributed by atoms with E-state index in [9.17, 15) is 9.90 Å². The van der Waals surface area contributed by atoms with Crippen LogP contribution < -0.4 is 4.74 Å². The minimum atomic E-state index is -0.465. The third kappa shape index (κ3) is 4.85. The quantitative estimate of drug-likeness (QED) is 0.930. The Morgan fingerprint density at radius 2 is 2.19 bits per heavy atom. The number of benzene rings is 1. The number of carbonyl (C=O) groups is 1. The number of phenolic OH excluding ortho intramolecular Hbond substituents is 1. The predicted molar refractivity (Wildman–Crippen MR) is 79.5 cm³/mol. The minimum Gasteiger partial charge on any atom is -0.508 e. The molecule has 1 aliphatic heterocycles. The first-order valence-corrected chi connectivity index (χ1v) is 7.23. The third-order valence-corrected chi connectivity index (χ3v) is 3.24. The first-order valence-electron chi connectivity index (χ1n) is 7.23. The molecule has 1 amide bonds. The van der Waals surface area contributed by atoms with Crippen molar-refractivity contribution in [3.8, 4) is 11.5 Å². The van der Waals surface area contributed by atoms with E-state index in [1.54, 1.807) is 29.2 Å². The summed E-state index contributed by atoms with van der Waals surface area (Å²) in [6.07, 6.45) is 0.639. The van der Waals surface area contributed by atoms with Crippen molar-refractivity contribution in [3.63, 3.8) is 0 Å². The molecule has 5 nitrogen and oxygen atoms in total. The number of nitrogens with zero attached hydrogens (tertiary/aromatic N) is 1. The molecule has 1 saturated heterocycles. The number of amides is 1. The van der Waals surface area contributed by atoms with Crippen LogP contribution in [0.5, 0.6) is 11.5 Å². The standard InChI is InChI=1S/C16H23NO4/c1-16(2,3)21-15(19)17-8-7-12(10-17)11-20-14-6-4-5-13(18)9-14/h4-6,9,12,18H,7-8,10-11H2,1-3H3/t12-/m0/s1. The van der Waals surface area contributed by atoms with Gasteiger partial charge in [-0.2, -0.15) is 0 Å². The summed E-state index contributed by atoms with van der Waals surface area (Å²) in [5, 5.41) is 9.38. The number of ether oxygens (including phenoxy) is 2. The van der Waals surface area contributed by atoms with Gasteiger partial charge in [0.05, 0.1) is 6.61 Å². The normalized spacial score (nSPS) is 18.6. The van der Waals surface area contributed by atoms with Crippen LogP contribution in [0.1, 0.15) is 27.2 Å². The second-order valence-corrected chi connectivity index (χ2v) is 6.39. The van der Waals surface area contributed by atoms with E-state index >= 15 is 0 Å². The lowest BCUT2D eigenvalue weighted by atomic mass is 10.1. The maximum Gasteiger partial charge on any atom is 0.410 e. The lowest BCUT2D eigenvalue weighted by Crippen LogP contribution is -2.35. The Bertz CT molecular complexity index is 495. The summed E-state index contributed by atoms with van der Waals surface area (Å²) < 4.78 is 11.0. The fourth-order valence-electron chi connectivity index (χ4n) is 2.25. The topological polar surface area (TPSA) is 59.0 Å². The SMILES string of the molecule is CC(C)(C)OC(=O)N1CC[C@H](COc2cccc(O)c2)C1. The third-order valence-electron chi connectivity index (χ3n) is 3.24. The van der Waals surface area contributed by atoms with Gasteiger partial charge in [0.1, 0.15) is 17.1 Å². The summed E-state index contributed by atoms with van der Waals surface area (Å²) in [4.78, 5) is 13.7. The Labute approximate surface area is 125 Å². The molecule has 116 valence electrons. The average molecular weight is 293 g/mol. The van der Waals surface area contributed by atoms with Crippen molar-refractivity contribution >= 4 is 6.09 Å². The highest BCUT2D eigenvalue weighted by molar-refractivity contribution is 5.68. The molecule has 0 saturated carbocycles. The van der Waals surface area contributed by atoms with E-state index in [0.717, 1.165) is 6.42 Å². The van der Waals surface area contributed by atoms with Gasteiger partial charge in [0.25, 0.3) is 0 Å². The van der Waals surface area contributed by atoms with Gasteiger partial charge in [-0.3, -0.25) is 0 Å². The summed E-state index contributed by atoms with van der Waals surface area (Å²) in [6, 6.07) is 6.74. The second kappa shape index (κ2) is 6.24. The monoisotopic (exact) mass is 293 g/mol. The molecule has 1 aliphatic rings. The molecule has 1 atom stereocenters.